The number of hydrogen-bond donors (Lipinski definition) is 0. The van der Waals surface area contributed by atoms with Crippen LogP contribution < -0.4 is 0 Å². The van der Waals surface area contributed by atoms with Crippen molar-refractivity contribution < 1.29 is 4.79 Å². The maximum absolute atomic E-state index is 10.8. The molecule has 0 aliphatic heterocycles. The van der Waals surface area contributed by atoms with E-state index in [0.717, 1.165) is 0 Å². The van der Waals surface area contributed by atoms with E-state index in [-0.39, 0.29) is 5.91 Å². The van der Waals surface area contributed by atoms with Gasteiger partial charge in [0.2, 0.25) is 5.91 Å². The zero-order valence-electron chi connectivity index (χ0n) is 6.34. The highest BCUT2D eigenvalue weighted by molar-refractivity contribution is 5.73. The van der Waals surface area contributed by atoms with Gasteiger partial charge in [0, 0.05) is 20.0 Å². The van der Waals surface area contributed by atoms with Gasteiger partial charge in [-0.3, -0.25) is 4.79 Å². The van der Waals surface area contributed by atoms with Crippen LogP contribution in [0, 0.1) is 0 Å². The predicted molar refractivity (Wildman–Crippen MR) is 42.6 cm³/mol. The van der Waals surface area contributed by atoms with Gasteiger partial charge in [0.15, 0.2) is 0 Å². The third kappa shape index (κ3) is 3.07. The average Bonchev–Trinajstić information content (AvgIpc) is 1.87. The molecule has 0 aromatic carbocycles. The molecule has 0 saturated carbocycles. The van der Waals surface area contributed by atoms with Gasteiger partial charge >= 0.3 is 0 Å². The molecule has 0 aromatic rings. The largest absolute Gasteiger partial charge is 0.336 e. The molecule has 0 aromatic heterocycles. The Labute approximate surface area is 61.8 Å². The minimum atomic E-state index is 0.0554. The van der Waals surface area contributed by atoms with Gasteiger partial charge in [-0.2, -0.15) is 0 Å². The van der Waals surface area contributed by atoms with Gasteiger partial charge < -0.3 is 4.90 Å². The fraction of sp³-hybridized carbons (Fsp3) is 0.375. The molecule has 0 bridgehead atoms. The van der Waals surface area contributed by atoms with Crippen molar-refractivity contribution in [3.8, 4) is 0 Å². The molecule has 0 rings (SSSR count). The second kappa shape index (κ2) is 4.79. The van der Waals surface area contributed by atoms with Crippen molar-refractivity contribution in [3.05, 3.63) is 25.3 Å². The molecular formula is C8H13NO. The number of nitrogens with zero attached hydrogens (tertiary/aromatic N) is 1. The normalized spacial score (nSPS) is 8.50. The summed E-state index contributed by atoms with van der Waals surface area (Å²) in [6.45, 7) is 9.81. The SMILES string of the molecule is C=CCN(CC=C)C(C)=O. The number of carbonyl (C=O) groups is 1. The van der Waals surface area contributed by atoms with Crippen LogP contribution in [-0.4, -0.2) is 23.9 Å². The molecule has 0 atom stereocenters. The molecule has 0 N–H and O–H groups in total. The average molecular weight is 139 g/mol. The Morgan fingerprint density at radius 2 is 1.80 bits per heavy atom. The monoisotopic (exact) mass is 139 g/mol. The van der Waals surface area contributed by atoms with Crippen molar-refractivity contribution in [3.63, 3.8) is 0 Å². The lowest BCUT2D eigenvalue weighted by atomic mass is 10.4. The van der Waals surface area contributed by atoms with Crippen LogP contribution in [0.4, 0.5) is 0 Å². The van der Waals surface area contributed by atoms with Crippen LogP contribution >= 0.6 is 0 Å². The van der Waals surface area contributed by atoms with E-state index in [2.05, 4.69) is 13.2 Å². The van der Waals surface area contributed by atoms with E-state index in [1.165, 1.54) is 6.92 Å². The second-order valence-corrected chi connectivity index (χ2v) is 2.00. The Hall–Kier alpha value is -1.05. The summed E-state index contributed by atoms with van der Waals surface area (Å²) in [6.07, 6.45) is 3.40. The molecule has 0 unspecified atom stereocenters. The van der Waals surface area contributed by atoms with Crippen LogP contribution in [0.5, 0.6) is 0 Å². The Kier molecular flexibility index (Phi) is 4.29. The predicted octanol–water partition coefficient (Wildman–Crippen LogP) is 1.21. The maximum atomic E-state index is 10.8. The summed E-state index contributed by atoms with van der Waals surface area (Å²) >= 11 is 0. The fourth-order valence-electron chi connectivity index (χ4n) is 0.643. The molecule has 0 fully saturated rings. The lowest BCUT2D eigenvalue weighted by molar-refractivity contribution is -0.127. The van der Waals surface area contributed by atoms with Crippen molar-refractivity contribution in [2.24, 2.45) is 0 Å². The Morgan fingerprint density at radius 3 is 2.00 bits per heavy atom. The highest BCUT2D eigenvalue weighted by Gasteiger charge is 2.01. The van der Waals surface area contributed by atoms with E-state index in [0.29, 0.717) is 13.1 Å². The lowest BCUT2D eigenvalue weighted by Gasteiger charge is -2.15. The van der Waals surface area contributed by atoms with Gasteiger partial charge in [-0.15, -0.1) is 13.2 Å². The summed E-state index contributed by atoms with van der Waals surface area (Å²) in [5, 5.41) is 0. The second-order valence-electron chi connectivity index (χ2n) is 2.00. The first-order valence-corrected chi connectivity index (χ1v) is 3.19. The Morgan fingerprint density at radius 1 is 1.40 bits per heavy atom. The van der Waals surface area contributed by atoms with Crippen LogP contribution in [0.25, 0.3) is 0 Å². The molecule has 2 nitrogen and oxygen atoms in total. The van der Waals surface area contributed by atoms with E-state index in [1.807, 2.05) is 0 Å². The van der Waals surface area contributed by atoms with Gasteiger partial charge in [-0.1, -0.05) is 12.2 Å². The summed E-state index contributed by atoms with van der Waals surface area (Å²) < 4.78 is 0. The summed E-state index contributed by atoms with van der Waals surface area (Å²) in [5.41, 5.74) is 0. The summed E-state index contributed by atoms with van der Waals surface area (Å²) in [6, 6.07) is 0. The highest BCUT2D eigenvalue weighted by atomic mass is 16.2. The molecule has 10 heavy (non-hydrogen) atoms. The van der Waals surface area contributed by atoms with Crippen molar-refractivity contribution in [1.29, 1.82) is 0 Å². The van der Waals surface area contributed by atoms with Gasteiger partial charge in [0.05, 0.1) is 0 Å². The van der Waals surface area contributed by atoms with Crippen LogP contribution in [0.3, 0.4) is 0 Å². The maximum Gasteiger partial charge on any atom is 0.220 e. The van der Waals surface area contributed by atoms with Crippen LogP contribution in [0.1, 0.15) is 6.92 Å². The number of amides is 1. The molecule has 1 amide bonds. The van der Waals surface area contributed by atoms with Gasteiger partial charge in [0.1, 0.15) is 0 Å². The molecular weight excluding hydrogens is 126 g/mol. The van der Waals surface area contributed by atoms with Crippen LogP contribution in [0.2, 0.25) is 0 Å². The molecule has 0 heterocycles. The number of hydrogen-bond acceptors (Lipinski definition) is 1. The minimum absolute atomic E-state index is 0.0554. The van der Waals surface area contributed by atoms with E-state index >= 15 is 0 Å². The van der Waals surface area contributed by atoms with E-state index in [1.54, 1.807) is 17.1 Å². The highest BCUT2D eigenvalue weighted by Crippen LogP contribution is 1.88. The summed E-state index contributed by atoms with van der Waals surface area (Å²) in [4.78, 5) is 12.4. The molecule has 0 saturated heterocycles. The van der Waals surface area contributed by atoms with Crippen LogP contribution in [0.15, 0.2) is 25.3 Å². The number of rotatable bonds is 4. The first-order valence-electron chi connectivity index (χ1n) is 3.19. The van der Waals surface area contributed by atoms with E-state index in [9.17, 15) is 4.79 Å². The molecule has 56 valence electrons. The zero-order chi connectivity index (χ0) is 7.98. The lowest BCUT2D eigenvalue weighted by Crippen LogP contribution is -2.28. The molecule has 0 spiro atoms. The van der Waals surface area contributed by atoms with Crippen LogP contribution in [-0.2, 0) is 4.79 Å². The first-order chi connectivity index (χ1) is 4.72. The first kappa shape index (κ1) is 8.95. The smallest absolute Gasteiger partial charge is 0.220 e. The molecule has 2 heteroatoms. The van der Waals surface area contributed by atoms with E-state index in [4.69, 9.17) is 0 Å². The Bertz CT molecular complexity index is 130. The summed E-state index contributed by atoms with van der Waals surface area (Å²) in [7, 11) is 0. The van der Waals surface area contributed by atoms with Crippen molar-refractivity contribution >= 4 is 5.91 Å². The third-order valence-corrected chi connectivity index (χ3v) is 1.14. The van der Waals surface area contributed by atoms with Gasteiger partial charge in [0.25, 0.3) is 0 Å². The third-order valence-electron chi connectivity index (χ3n) is 1.14. The number of carbonyl (C=O) groups excluding carboxylic acids is 1. The topological polar surface area (TPSA) is 20.3 Å². The minimum Gasteiger partial charge on any atom is -0.336 e. The Balaban J connectivity index is 3.83. The quantitative estimate of drug-likeness (QED) is 0.536. The van der Waals surface area contributed by atoms with Crippen molar-refractivity contribution in [2.75, 3.05) is 13.1 Å². The van der Waals surface area contributed by atoms with Crippen molar-refractivity contribution in [1.82, 2.24) is 4.90 Å². The standard InChI is InChI=1S/C8H13NO/c1-4-6-9(7-5-2)8(3)10/h4-5H,1-2,6-7H2,3H3. The fourth-order valence-corrected chi connectivity index (χ4v) is 0.643. The zero-order valence-corrected chi connectivity index (χ0v) is 6.34. The summed E-state index contributed by atoms with van der Waals surface area (Å²) in [5.74, 6) is 0.0554. The molecule has 0 aliphatic carbocycles. The van der Waals surface area contributed by atoms with Gasteiger partial charge in [-0.25, -0.2) is 0 Å². The van der Waals surface area contributed by atoms with Crippen molar-refractivity contribution in [2.45, 2.75) is 6.92 Å². The van der Waals surface area contributed by atoms with E-state index < -0.39 is 0 Å². The molecule has 0 radical (unpaired) electrons. The van der Waals surface area contributed by atoms with Gasteiger partial charge in [-0.05, 0) is 0 Å². The molecule has 0 aliphatic rings.